The molecule has 0 aliphatic carbocycles. The van der Waals surface area contributed by atoms with Gasteiger partial charge in [-0.3, -0.25) is 0 Å². The van der Waals surface area contributed by atoms with Crippen LogP contribution in [-0.2, 0) is 18.9 Å². The quantitative estimate of drug-likeness (QED) is 0.152. The fraction of sp³-hybridized carbons (Fsp3) is 0.520. The molecule has 8 N–H and O–H groups in total. The van der Waals surface area contributed by atoms with E-state index in [2.05, 4.69) is 65.1 Å². The molecule has 0 unspecified atom stereocenters. The topological polar surface area (TPSA) is 231 Å². The number of nitrogens with two attached hydrogens (primary N) is 2. The van der Waals surface area contributed by atoms with Crippen molar-refractivity contribution in [1.29, 1.82) is 0 Å². The minimum absolute atomic E-state index is 0.134. The second-order valence-corrected chi connectivity index (χ2v) is 13.0. The van der Waals surface area contributed by atoms with E-state index in [0.717, 1.165) is 12.5 Å². The van der Waals surface area contributed by atoms with Gasteiger partial charge in [0.2, 0.25) is 0 Å². The lowest BCUT2D eigenvalue weighted by Crippen LogP contribution is -2.33. The summed E-state index contributed by atoms with van der Waals surface area (Å²) < 4.78 is 28.6. The van der Waals surface area contributed by atoms with Crippen molar-refractivity contribution < 1.29 is 39.4 Å². The molecule has 43 heavy (non-hydrogen) atoms. The lowest BCUT2D eigenvalue weighted by Gasteiger charge is -2.24. The highest BCUT2D eigenvalue weighted by Crippen LogP contribution is 2.44. The zero-order valence-electron chi connectivity index (χ0n) is 22.9. The van der Waals surface area contributed by atoms with E-state index < -0.39 is 42.7 Å². The summed E-state index contributed by atoms with van der Waals surface area (Å²) in [7, 11) is 0. The molecule has 4 aromatic heterocycles. The number of aliphatic hydroxyl groups is 4. The number of hydrogen-bond donors (Lipinski definition) is 6. The number of anilines is 2. The second kappa shape index (κ2) is 11.7. The molecule has 0 aromatic carbocycles. The zero-order chi connectivity index (χ0) is 30.8. The minimum Gasteiger partial charge on any atom is -0.394 e. The monoisotopic (exact) mass is 824 g/mol. The Balaban J connectivity index is 0.000000155. The molecule has 0 spiro atoms. The van der Waals surface area contributed by atoms with Gasteiger partial charge in [0.1, 0.15) is 72.2 Å². The van der Waals surface area contributed by atoms with Gasteiger partial charge < -0.3 is 60.0 Å². The molecule has 8 atom stereocenters. The van der Waals surface area contributed by atoms with Gasteiger partial charge in [-0.25, -0.2) is 19.9 Å². The van der Waals surface area contributed by atoms with Crippen LogP contribution in [0.25, 0.3) is 22.1 Å². The molecule has 3 aliphatic rings. The van der Waals surface area contributed by atoms with E-state index in [1.165, 1.54) is 12.7 Å². The maximum Gasteiger partial charge on any atom is 0.164 e. The van der Waals surface area contributed by atoms with E-state index >= 15 is 0 Å². The van der Waals surface area contributed by atoms with Crippen molar-refractivity contribution in [3.05, 3.63) is 32.2 Å². The Morgan fingerprint density at radius 2 is 1.26 bits per heavy atom. The molecule has 0 amide bonds. The number of rotatable bonds is 4. The Bertz CT molecular complexity index is 1650. The third-order valence-electron chi connectivity index (χ3n) is 7.56. The highest BCUT2D eigenvalue weighted by atomic mass is 127. The van der Waals surface area contributed by atoms with Gasteiger partial charge in [0.25, 0.3) is 0 Å². The molecule has 4 aromatic rings. The molecule has 0 bridgehead atoms. The Kier molecular flexibility index (Phi) is 8.45. The van der Waals surface area contributed by atoms with Crippen molar-refractivity contribution in [3.63, 3.8) is 0 Å². The number of hydrogen-bond acceptors (Lipinski definition) is 14. The van der Waals surface area contributed by atoms with Crippen LogP contribution >= 0.6 is 45.2 Å². The SMILES string of the molecule is CC1(C)O[C@@H]2[C@H](O1)[C@@H](CO)O[C@H]2n1cc(I)c2c(N)ncnc21.Nc1ncnc2c1c(I)cn2[C@@H]1O[C@H](CO)[C@@H](O)[C@H]1O. The normalized spacial score (nSPS) is 31.4. The average Bonchev–Trinajstić information content (AvgIpc) is 3.73. The lowest BCUT2D eigenvalue weighted by molar-refractivity contribution is -0.199. The molecule has 7 rings (SSSR count). The average molecular weight is 824 g/mol. The summed E-state index contributed by atoms with van der Waals surface area (Å²) in [6, 6.07) is 0. The summed E-state index contributed by atoms with van der Waals surface area (Å²) in [5, 5.41) is 40.1. The van der Waals surface area contributed by atoms with Crippen LogP contribution in [0.4, 0.5) is 11.6 Å². The Labute approximate surface area is 271 Å². The van der Waals surface area contributed by atoms with Gasteiger partial charge in [0.15, 0.2) is 18.2 Å². The van der Waals surface area contributed by atoms with Crippen LogP contribution in [0.3, 0.4) is 0 Å². The molecule has 18 heteroatoms. The minimum atomic E-state index is -1.16. The number of aromatic nitrogens is 6. The summed E-state index contributed by atoms with van der Waals surface area (Å²) in [6.45, 7) is 3.20. The van der Waals surface area contributed by atoms with Crippen molar-refractivity contribution in [1.82, 2.24) is 29.1 Å². The Morgan fingerprint density at radius 3 is 1.77 bits per heavy atom. The molecule has 16 nitrogen and oxygen atoms in total. The van der Waals surface area contributed by atoms with Crippen LogP contribution in [0.1, 0.15) is 26.3 Å². The fourth-order valence-electron chi connectivity index (χ4n) is 5.65. The molecule has 0 radical (unpaired) electrons. The van der Waals surface area contributed by atoms with Crippen molar-refractivity contribution in [2.24, 2.45) is 0 Å². The Morgan fingerprint density at radius 1 is 0.767 bits per heavy atom. The van der Waals surface area contributed by atoms with Crippen molar-refractivity contribution in [2.45, 2.75) is 68.7 Å². The predicted molar refractivity (Wildman–Crippen MR) is 167 cm³/mol. The van der Waals surface area contributed by atoms with Gasteiger partial charge in [0, 0.05) is 19.5 Å². The first-order chi connectivity index (χ1) is 20.5. The van der Waals surface area contributed by atoms with Gasteiger partial charge in [-0.1, -0.05) is 0 Å². The molecule has 7 heterocycles. The maximum atomic E-state index is 10.1. The summed E-state index contributed by atoms with van der Waals surface area (Å²) in [6.07, 6.45) is 0.866. The number of nitrogen functional groups attached to an aromatic ring is 2. The van der Waals surface area contributed by atoms with Gasteiger partial charge in [-0.2, -0.15) is 0 Å². The highest BCUT2D eigenvalue weighted by Gasteiger charge is 2.56. The number of aliphatic hydroxyl groups excluding tert-OH is 4. The van der Waals surface area contributed by atoms with Crippen LogP contribution in [0.15, 0.2) is 25.0 Å². The number of ether oxygens (including phenoxy) is 4. The third kappa shape index (κ3) is 5.33. The van der Waals surface area contributed by atoms with Crippen molar-refractivity contribution >= 4 is 78.9 Å². The van der Waals surface area contributed by atoms with Crippen molar-refractivity contribution in [2.75, 3.05) is 24.7 Å². The smallest absolute Gasteiger partial charge is 0.164 e. The van der Waals surface area contributed by atoms with E-state index in [-0.39, 0.29) is 25.4 Å². The Hall–Kier alpha value is -2.02. The molecule has 3 aliphatic heterocycles. The van der Waals surface area contributed by atoms with Crippen LogP contribution in [0, 0.1) is 7.14 Å². The molecule has 3 saturated heterocycles. The van der Waals surface area contributed by atoms with Gasteiger partial charge in [-0.15, -0.1) is 0 Å². The number of halogens is 2. The summed E-state index contributed by atoms with van der Waals surface area (Å²) >= 11 is 4.28. The first kappa shape index (κ1) is 31.0. The van der Waals surface area contributed by atoms with E-state index in [0.29, 0.717) is 28.3 Å². The molecule has 232 valence electrons. The van der Waals surface area contributed by atoms with Crippen LogP contribution < -0.4 is 11.5 Å². The molecule has 3 fully saturated rings. The van der Waals surface area contributed by atoms with Gasteiger partial charge >= 0.3 is 0 Å². The fourth-order valence-corrected chi connectivity index (χ4v) is 7.29. The van der Waals surface area contributed by atoms with Crippen LogP contribution in [-0.4, -0.2) is 105 Å². The standard InChI is InChI=1S/C14H17IN4O4.C11H13IN4O4/c1-14(2)22-9-7(4-20)21-13(10(9)23-14)19-3-6(15)8-11(16)17-5-18-12(8)19;12-4-1-16(10-6(4)9(13)14-3-15-10)11-8(19)7(18)5(2-17)20-11/h3,5,7,9-10,13,20H,4H2,1-2H3,(H2,16,17,18);1,3,5,7-8,11,17-19H,2H2,(H2,13,14,15)/t7-,9-,10-,13-;5-,7-,8-,11-/m11/s1. The highest BCUT2D eigenvalue weighted by molar-refractivity contribution is 14.1. The van der Waals surface area contributed by atoms with E-state index in [1.54, 1.807) is 10.8 Å². The summed E-state index contributed by atoms with van der Waals surface area (Å²) in [5.41, 5.74) is 13.0. The van der Waals surface area contributed by atoms with E-state index in [9.17, 15) is 15.3 Å². The number of fused-ring (bicyclic) bond motifs is 3. The zero-order valence-corrected chi connectivity index (χ0v) is 27.2. The second-order valence-electron chi connectivity index (χ2n) is 10.7. The molecular weight excluding hydrogens is 794 g/mol. The lowest BCUT2D eigenvalue weighted by atomic mass is 10.1. The predicted octanol–water partition coefficient (Wildman–Crippen LogP) is 0.257. The summed E-state index contributed by atoms with van der Waals surface area (Å²) in [4.78, 5) is 16.5. The molecular formula is C25H30I2N8O8. The first-order valence-electron chi connectivity index (χ1n) is 13.2. The van der Waals surface area contributed by atoms with E-state index in [4.69, 9.17) is 35.5 Å². The molecule has 0 saturated carbocycles. The van der Waals surface area contributed by atoms with E-state index in [1.807, 2.05) is 24.6 Å². The van der Waals surface area contributed by atoms with Gasteiger partial charge in [0.05, 0.1) is 24.0 Å². The van der Waals surface area contributed by atoms with Crippen molar-refractivity contribution in [3.8, 4) is 0 Å². The third-order valence-corrected chi connectivity index (χ3v) is 9.19. The van der Waals surface area contributed by atoms with Gasteiger partial charge in [-0.05, 0) is 59.0 Å². The largest absolute Gasteiger partial charge is 0.394 e. The summed E-state index contributed by atoms with van der Waals surface area (Å²) in [5.74, 6) is 0.0507. The first-order valence-corrected chi connectivity index (χ1v) is 15.4. The van der Waals surface area contributed by atoms with Crippen LogP contribution in [0.2, 0.25) is 0 Å². The number of nitrogens with zero attached hydrogens (tertiary/aromatic N) is 6. The maximum absolute atomic E-state index is 10.1. The van der Waals surface area contributed by atoms with Crippen LogP contribution in [0.5, 0.6) is 0 Å².